The fourth-order valence-corrected chi connectivity index (χ4v) is 6.61. The number of quaternary nitrogens is 2. The smallest absolute Gasteiger partial charge is 0.170 e. The maximum atomic E-state index is 2.58. The summed E-state index contributed by atoms with van der Waals surface area (Å²) in [6, 6.07) is 23.6. The van der Waals surface area contributed by atoms with Crippen molar-refractivity contribution < 1.29 is 57.8 Å². The lowest BCUT2D eigenvalue weighted by atomic mass is 10.0. The van der Waals surface area contributed by atoms with E-state index in [2.05, 4.69) is 126 Å². The third-order valence-corrected chi connectivity index (χ3v) is 7.86. The molecule has 0 saturated carbocycles. The number of rotatable bonds is 4. The highest BCUT2D eigenvalue weighted by Crippen LogP contribution is 2.37. The largest absolute Gasteiger partial charge is 1.00 e. The molecule has 5 rings (SSSR count). The molecule has 2 N–H and O–H groups in total. The molecule has 6 heteroatoms. The third kappa shape index (κ3) is 4.56. The molecule has 0 fully saturated rings. The third-order valence-electron chi connectivity index (χ3n) is 7.86. The molecule has 2 aliphatic rings. The summed E-state index contributed by atoms with van der Waals surface area (Å²) in [5, 5.41) is 0. The minimum atomic E-state index is 0. The molecule has 4 nitrogen and oxygen atoms in total. The molecule has 0 amide bonds. The predicted molar refractivity (Wildman–Crippen MR) is 144 cm³/mol. The first kappa shape index (κ1) is 29.2. The summed E-state index contributed by atoms with van der Waals surface area (Å²) in [5.41, 5.74) is 11.0. The van der Waals surface area contributed by atoms with Crippen LogP contribution >= 0.6 is 0 Å². The zero-order valence-corrected chi connectivity index (χ0v) is 27.0. The number of aryl methyl sites for hydroxylation is 1. The van der Waals surface area contributed by atoms with Crippen molar-refractivity contribution in [2.75, 3.05) is 9.80 Å². The molecule has 0 aliphatic carbocycles. The molecule has 2 aliphatic heterocycles. The van der Waals surface area contributed by atoms with Gasteiger partial charge in [0.2, 0.25) is 0 Å². The highest BCUT2D eigenvalue weighted by molar-refractivity contribution is 5.71. The minimum Gasteiger partial charge on any atom is -1.00 e. The number of benzene rings is 3. The molecule has 2 heterocycles. The summed E-state index contributed by atoms with van der Waals surface area (Å²) in [4.78, 5) is 8.08. The monoisotopic (exact) mass is 710 g/mol. The SMILES string of the molecule is Cc1cc([NH+]2c3ccccc3N(C(C)C)[C@H]2C)c(C)c([NH+]2c3ccccc3N(C(C)C)[C@@H]2C)c1.[I-].[I-]. The van der Waals surface area contributed by atoms with E-state index in [-0.39, 0.29) is 48.0 Å². The summed E-state index contributed by atoms with van der Waals surface area (Å²) in [6.07, 6.45) is 0.687. The maximum Gasteiger partial charge on any atom is 0.170 e. The van der Waals surface area contributed by atoms with Gasteiger partial charge in [0.15, 0.2) is 23.7 Å². The molecule has 194 valence electrons. The van der Waals surface area contributed by atoms with Crippen molar-refractivity contribution >= 4 is 34.1 Å². The Labute approximate surface area is 251 Å². The fourth-order valence-electron chi connectivity index (χ4n) is 6.61. The second kappa shape index (κ2) is 11.2. The number of fused-ring (bicyclic) bond motifs is 2. The summed E-state index contributed by atoms with van der Waals surface area (Å²) in [7, 11) is 0. The first-order chi connectivity index (χ1) is 16.2. The first-order valence-corrected chi connectivity index (χ1v) is 12.8. The van der Waals surface area contributed by atoms with Crippen LogP contribution < -0.4 is 67.6 Å². The zero-order chi connectivity index (χ0) is 24.3. The van der Waals surface area contributed by atoms with Crippen molar-refractivity contribution in [2.24, 2.45) is 0 Å². The Kier molecular flexibility index (Phi) is 9.06. The van der Waals surface area contributed by atoms with E-state index in [0.717, 1.165) is 0 Å². The van der Waals surface area contributed by atoms with Crippen LogP contribution in [0.3, 0.4) is 0 Å². The van der Waals surface area contributed by atoms with Crippen molar-refractivity contribution in [3.8, 4) is 0 Å². The van der Waals surface area contributed by atoms with Crippen molar-refractivity contribution in [1.82, 2.24) is 0 Å². The highest BCUT2D eigenvalue weighted by Gasteiger charge is 2.44. The molecule has 3 aromatic rings. The molecule has 36 heavy (non-hydrogen) atoms. The summed E-state index contributed by atoms with van der Waals surface area (Å²) in [6.45, 7) is 18.6. The van der Waals surface area contributed by atoms with Crippen LogP contribution in [-0.2, 0) is 0 Å². The standard InChI is InChI=1S/C30H38N4.2HI/c1-19(2)31-23(7)33(27-15-11-9-13-25(27)31)29-17-21(5)18-30(22(29)6)34-24(8)32(20(3)4)26-14-10-12-16-28(26)34;;/h9-20,23-24H,1-8H3;2*1H/t23-,24+;;. The molecule has 2 unspecified atom stereocenters. The Balaban J connectivity index is 0.00000180. The molecule has 3 aromatic carbocycles. The van der Waals surface area contributed by atoms with Gasteiger partial charge in [-0.3, -0.25) is 0 Å². The molecule has 0 radical (unpaired) electrons. The minimum absolute atomic E-state index is 0. The molecule has 0 bridgehead atoms. The molecular formula is C30H40I2N4. The lowest BCUT2D eigenvalue weighted by Crippen LogP contribution is -3.08. The molecule has 0 spiro atoms. The molecule has 0 aromatic heterocycles. The van der Waals surface area contributed by atoms with Gasteiger partial charge in [0.05, 0.1) is 5.56 Å². The Morgan fingerprint density at radius 3 is 1.33 bits per heavy atom. The van der Waals surface area contributed by atoms with Crippen LogP contribution in [-0.4, -0.2) is 24.4 Å². The van der Waals surface area contributed by atoms with Gasteiger partial charge in [0, 0.05) is 50.2 Å². The van der Waals surface area contributed by atoms with Gasteiger partial charge in [-0.05, 0) is 59.2 Å². The van der Waals surface area contributed by atoms with Crippen molar-refractivity contribution in [2.45, 2.75) is 79.8 Å². The van der Waals surface area contributed by atoms with E-state index < -0.39 is 0 Å². The van der Waals surface area contributed by atoms with Crippen LogP contribution in [0.25, 0.3) is 0 Å². The number of para-hydroxylation sites is 4. The number of hydrogen-bond donors (Lipinski definition) is 2. The van der Waals surface area contributed by atoms with E-state index in [4.69, 9.17) is 0 Å². The Bertz CT molecular complexity index is 1130. The van der Waals surface area contributed by atoms with Crippen LogP contribution in [0.4, 0.5) is 34.1 Å². The van der Waals surface area contributed by atoms with Crippen LogP contribution in [0.15, 0.2) is 60.7 Å². The number of halogens is 2. The van der Waals surface area contributed by atoms with E-state index in [0.29, 0.717) is 24.4 Å². The quantitative estimate of drug-likeness (QED) is 0.344. The summed E-state index contributed by atoms with van der Waals surface area (Å²) >= 11 is 0. The lowest BCUT2D eigenvalue weighted by molar-refractivity contribution is -0.787. The number of nitrogens with zero attached hydrogens (tertiary/aromatic N) is 2. The van der Waals surface area contributed by atoms with Crippen LogP contribution in [0, 0.1) is 13.8 Å². The van der Waals surface area contributed by atoms with Gasteiger partial charge in [0.25, 0.3) is 0 Å². The second-order valence-corrected chi connectivity index (χ2v) is 10.7. The maximum absolute atomic E-state index is 2.58. The normalized spacial score (nSPS) is 22.4. The number of anilines is 2. The fraction of sp³-hybridized carbons (Fsp3) is 0.400. The zero-order valence-electron chi connectivity index (χ0n) is 22.7. The van der Waals surface area contributed by atoms with E-state index in [1.165, 1.54) is 55.1 Å². The van der Waals surface area contributed by atoms with E-state index >= 15 is 0 Å². The molecule has 4 atom stereocenters. The van der Waals surface area contributed by atoms with Crippen LogP contribution in [0.5, 0.6) is 0 Å². The van der Waals surface area contributed by atoms with Crippen molar-refractivity contribution in [3.05, 3.63) is 71.8 Å². The van der Waals surface area contributed by atoms with Gasteiger partial charge < -0.3 is 57.8 Å². The Morgan fingerprint density at radius 2 is 0.972 bits per heavy atom. The van der Waals surface area contributed by atoms with Crippen LogP contribution in [0.2, 0.25) is 0 Å². The van der Waals surface area contributed by atoms with Crippen molar-refractivity contribution in [3.63, 3.8) is 0 Å². The van der Waals surface area contributed by atoms with E-state index in [1.807, 2.05) is 0 Å². The number of hydrogen-bond acceptors (Lipinski definition) is 2. The lowest BCUT2D eigenvalue weighted by Gasteiger charge is -2.31. The average molecular weight is 710 g/mol. The summed E-state index contributed by atoms with van der Waals surface area (Å²) < 4.78 is 0. The van der Waals surface area contributed by atoms with E-state index in [1.54, 1.807) is 0 Å². The molecule has 0 saturated heterocycles. The van der Waals surface area contributed by atoms with Gasteiger partial charge in [-0.2, -0.15) is 0 Å². The van der Waals surface area contributed by atoms with Gasteiger partial charge in [-0.1, -0.05) is 24.3 Å². The summed E-state index contributed by atoms with van der Waals surface area (Å²) in [5.74, 6) is 0. The second-order valence-electron chi connectivity index (χ2n) is 10.7. The number of nitrogens with one attached hydrogen (secondary N) is 2. The van der Waals surface area contributed by atoms with Crippen LogP contribution in [0.1, 0.15) is 52.7 Å². The first-order valence-electron chi connectivity index (χ1n) is 12.8. The van der Waals surface area contributed by atoms with Gasteiger partial charge >= 0.3 is 0 Å². The highest BCUT2D eigenvalue weighted by atomic mass is 127. The Hall–Kier alpha value is -1.36. The van der Waals surface area contributed by atoms with Gasteiger partial charge in [-0.15, -0.1) is 0 Å². The van der Waals surface area contributed by atoms with Gasteiger partial charge in [-0.25, -0.2) is 9.80 Å². The van der Waals surface area contributed by atoms with E-state index in [9.17, 15) is 0 Å². The predicted octanol–water partition coefficient (Wildman–Crippen LogP) is -0.844. The Morgan fingerprint density at radius 1 is 0.611 bits per heavy atom. The van der Waals surface area contributed by atoms with Gasteiger partial charge in [0.1, 0.15) is 22.7 Å². The van der Waals surface area contributed by atoms with Crippen molar-refractivity contribution in [1.29, 1.82) is 0 Å². The molecular weight excluding hydrogens is 670 g/mol. The topological polar surface area (TPSA) is 15.4 Å². The average Bonchev–Trinajstić information content (AvgIpc) is 3.25.